The van der Waals surface area contributed by atoms with Crippen LogP contribution in [0.3, 0.4) is 0 Å². The summed E-state index contributed by atoms with van der Waals surface area (Å²) in [6.45, 7) is 3.96. The molecule has 2 heterocycles. The van der Waals surface area contributed by atoms with Crippen molar-refractivity contribution in [2.75, 3.05) is 30.8 Å². The van der Waals surface area contributed by atoms with Crippen LogP contribution in [0.4, 0.5) is 30.6 Å². The van der Waals surface area contributed by atoms with E-state index >= 15 is 0 Å². The first-order valence-electron chi connectivity index (χ1n) is 9.57. The number of carbonyl (C=O) groups is 1. The van der Waals surface area contributed by atoms with Gasteiger partial charge in [-0.25, -0.2) is 23.7 Å². The molecule has 11 heteroatoms. The molecule has 0 aliphatic carbocycles. The number of aromatic nitrogens is 3. The Morgan fingerprint density at radius 1 is 1.00 bits per heavy atom. The summed E-state index contributed by atoms with van der Waals surface area (Å²) in [7, 11) is 0.981. The van der Waals surface area contributed by atoms with Gasteiger partial charge in [-0.1, -0.05) is 0 Å². The lowest BCUT2D eigenvalue weighted by atomic mass is 10.1. The van der Waals surface area contributed by atoms with Gasteiger partial charge in [-0.3, -0.25) is 4.79 Å². The number of nitrogens with zero attached hydrogens (tertiary/aromatic N) is 3. The molecule has 0 spiro atoms. The van der Waals surface area contributed by atoms with Crippen molar-refractivity contribution in [3.8, 4) is 5.75 Å². The zero-order valence-corrected chi connectivity index (χ0v) is 17.6. The molecule has 0 fully saturated rings. The van der Waals surface area contributed by atoms with Crippen LogP contribution in [-0.2, 0) is 0 Å². The van der Waals surface area contributed by atoms with Crippen molar-refractivity contribution in [1.82, 2.24) is 20.3 Å². The average molecular weight is 446 g/mol. The van der Waals surface area contributed by atoms with Crippen LogP contribution in [0.5, 0.6) is 5.75 Å². The number of aryl methyl sites for hydroxylation is 2. The Morgan fingerprint density at radius 2 is 1.75 bits per heavy atom. The third kappa shape index (κ3) is 5.42. The zero-order valence-electron chi connectivity index (χ0n) is 17.6. The monoisotopic (exact) mass is 446 g/mol. The number of anilines is 3. The summed E-state index contributed by atoms with van der Waals surface area (Å²) in [5.41, 5.74) is 0.383. The maximum Gasteiger partial charge on any atom is 0.254 e. The van der Waals surface area contributed by atoms with Crippen LogP contribution >= 0.6 is 0 Å². The molecule has 3 N–H and O–H groups in total. The number of rotatable bonds is 8. The number of pyridine rings is 1. The summed E-state index contributed by atoms with van der Waals surface area (Å²) in [6.07, 6.45) is 1.68. The lowest BCUT2D eigenvalue weighted by Crippen LogP contribution is -2.30. The van der Waals surface area contributed by atoms with E-state index in [0.29, 0.717) is 29.3 Å². The second kappa shape index (κ2) is 9.94. The molecule has 0 aliphatic rings. The van der Waals surface area contributed by atoms with Gasteiger partial charge in [0.1, 0.15) is 23.3 Å². The van der Waals surface area contributed by atoms with E-state index in [0.717, 1.165) is 12.7 Å². The van der Waals surface area contributed by atoms with E-state index in [1.807, 2.05) is 19.1 Å². The van der Waals surface area contributed by atoms with Gasteiger partial charge < -0.3 is 20.7 Å². The van der Waals surface area contributed by atoms with E-state index in [4.69, 9.17) is 0 Å². The van der Waals surface area contributed by atoms with Gasteiger partial charge >= 0.3 is 0 Å². The summed E-state index contributed by atoms with van der Waals surface area (Å²) in [5.74, 6) is -3.86. The van der Waals surface area contributed by atoms with Crippen LogP contribution in [0.1, 0.15) is 21.7 Å². The topological polar surface area (TPSA) is 101 Å². The first kappa shape index (κ1) is 22.8. The van der Waals surface area contributed by atoms with Crippen LogP contribution < -0.4 is 20.7 Å². The van der Waals surface area contributed by atoms with Gasteiger partial charge in [0.2, 0.25) is 5.82 Å². The number of benzene rings is 1. The first-order chi connectivity index (χ1) is 15.3. The molecular weight excluding hydrogens is 425 g/mol. The Morgan fingerprint density at radius 3 is 2.47 bits per heavy atom. The van der Waals surface area contributed by atoms with Gasteiger partial charge in [0.05, 0.1) is 12.7 Å². The fourth-order valence-electron chi connectivity index (χ4n) is 2.84. The van der Waals surface area contributed by atoms with E-state index in [1.165, 1.54) is 0 Å². The minimum absolute atomic E-state index is 0.0603. The summed E-state index contributed by atoms with van der Waals surface area (Å²) in [4.78, 5) is 25.0. The SMILES string of the molecule is COc1c(F)c(F)cc(C(=O)NCCNc2cc(Nc3cc(C)ccn3)nc(C)n2)c1F. The van der Waals surface area contributed by atoms with Crippen molar-refractivity contribution < 1.29 is 22.7 Å². The van der Waals surface area contributed by atoms with Gasteiger partial charge in [0.15, 0.2) is 17.4 Å². The molecule has 168 valence electrons. The molecular formula is C21H21F3N6O2. The van der Waals surface area contributed by atoms with E-state index in [1.54, 1.807) is 19.2 Å². The van der Waals surface area contributed by atoms with Gasteiger partial charge in [0.25, 0.3) is 5.91 Å². The van der Waals surface area contributed by atoms with E-state index in [2.05, 4.69) is 35.6 Å². The van der Waals surface area contributed by atoms with Gasteiger partial charge in [0, 0.05) is 25.4 Å². The lowest BCUT2D eigenvalue weighted by Gasteiger charge is -2.12. The number of methoxy groups -OCH3 is 1. The van der Waals surface area contributed by atoms with Crippen LogP contribution in [-0.4, -0.2) is 41.1 Å². The molecule has 32 heavy (non-hydrogen) atoms. The molecule has 3 rings (SSSR count). The molecule has 8 nitrogen and oxygen atoms in total. The zero-order chi connectivity index (χ0) is 23.3. The molecule has 2 aromatic heterocycles. The highest BCUT2D eigenvalue weighted by molar-refractivity contribution is 5.95. The Bertz CT molecular complexity index is 1140. The summed E-state index contributed by atoms with van der Waals surface area (Å²) < 4.78 is 45.8. The maximum absolute atomic E-state index is 14.2. The van der Waals surface area contributed by atoms with Gasteiger partial charge in [-0.05, 0) is 37.6 Å². The van der Waals surface area contributed by atoms with Crippen molar-refractivity contribution in [2.24, 2.45) is 0 Å². The molecule has 0 radical (unpaired) electrons. The molecule has 0 aliphatic heterocycles. The summed E-state index contributed by atoms with van der Waals surface area (Å²) in [6, 6.07) is 5.90. The minimum atomic E-state index is -1.49. The Balaban J connectivity index is 1.60. The van der Waals surface area contributed by atoms with E-state index < -0.39 is 34.7 Å². The third-order valence-electron chi connectivity index (χ3n) is 4.29. The third-order valence-corrected chi connectivity index (χ3v) is 4.29. The van der Waals surface area contributed by atoms with Gasteiger partial charge in [-0.2, -0.15) is 4.39 Å². The van der Waals surface area contributed by atoms with Crippen molar-refractivity contribution in [3.05, 3.63) is 64.9 Å². The number of nitrogens with one attached hydrogen (secondary N) is 3. The number of carbonyl (C=O) groups excluding carboxylic acids is 1. The molecule has 1 amide bonds. The highest BCUT2D eigenvalue weighted by Gasteiger charge is 2.23. The largest absolute Gasteiger partial charge is 0.491 e. The quantitative estimate of drug-likeness (QED) is 0.360. The van der Waals surface area contributed by atoms with Crippen molar-refractivity contribution in [1.29, 1.82) is 0 Å². The van der Waals surface area contributed by atoms with Crippen LogP contribution in [0, 0.1) is 31.3 Å². The van der Waals surface area contributed by atoms with Crippen molar-refractivity contribution >= 4 is 23.4 Å². The van der Waals surface area contributed by atoms with E-state index in [-0.39, 0.29) is 13.1 Å². The Hall–Kier alpha value is -3.89. The van der Waals surface area contributed by atoms with Crippen molar-refractivity contribution in [3.63, 3.8) is 0 Å². The van der Waals surface area contributed by atoms with Crippen LogP contribution in [0.2, 0.25) is 0 Å². The molecule has 0 saturated heterocycles. The minimum Gasteiger partial charge on any atom is -0.491 e. The molecule has 0 bridgehead atoms. The first-order valence-corrected chi connectivity index (χ1v) is 9.57. The maximum atomic E-state index is 14.2. The standard InChI is InChI=1S/C21H21F3N6O2/c1-11-4-5-25-15(8-11)30-17-10-16(28-12(2)29-17)26-6-7-27-21(31)13-9-14(22)19(24)20(32-3)18(13)23/h4-5,8-10H,6-7H2,1-3H3,(H,27,31)(H2,25,26,28,29,30). The second-order valence-electron chi connectivity index (χ2n) is 6.78. The molecule has 1 aromatic carbocycles. The average Bonchev–Trinajstić information content (AvgIpc) is 2.74. The fraction of sp³-hybridized carbons (Fsp3) is 0.238. The number of hydrogen-bond acceptors (Lipinski definition) is 7. The normalized spacial score (nSPS) is 10.6. The summed E-state index contributed by atoms with van der Waals surface area (Å²) in [5, 5.41) is 8.53. The summed E-state index contributed by atoms with van der Waals surface area (Å²) >= 11 is 0. The fourth-order valence-corrected chi connectivity index (χ4v) is 2.84. The van der Waals surface area contributed by atoms with Crippen LogP contribution in [0.15, 0.2) is 30.5 Å². The second-order valence-corrected chi connectivity index (χ2v) is 6.78. The van der Waals surface area contributed by atoms with Gasteiger partial charge in [-0.15, -0.1) is 0 Å². The Labute approximate surface area is 182 Å². The number of halogens is 3. The predicted octanol–water partition coefficient (Wildman–Crippen LogP) is 3.50. The number of ether oxygens (including phenoxy) is 1. The number of amides is 1. The van der Waals surface area contributed by atoms with Crippen molar-refractivity contribution in [2.45, 2.75) is 13.8 Å². The smallest absolute Gasteiger partial charge is 0.254 e. The lowest BCUT2D eigenvalue weighted by molar-refractivity contribution is 0.0949. The highest BCUT2D eigenvalue weighted by Crippen LogP contribution is 2.26. The molecule has 3 aromatic rings. The van der Waals surface area contributed by atoms with Crippen LogP contribution in [0.25, 0.3) is 0 Å². The Kier molecular flexibility index (Phi) is 7.08. The molecule has 0 unspecified atom stereocenters. The molecule has 0 saturated carbocycles. The highest BCUT2D eigenvalue weighted by atomic mass is 19.2. The predicted molar refractivity (Wildman–Crippen MR) is 113 cm³/mol. The number of hydrogen-bond donors (Lipinski definition) is 3. The van der Waals surface area contributed by atoms with E-state index in [9.17, 15) is 18.0 Å². The molecule has 0 atom stereocenters.